The van der Waals surface area contributed by atoms with E-state index in [4.69, 9.17) is 16.7 Å². The molecule has 0 aromatic carbocycles. The molecular formula is C10H12ClN3O4. The second-order valence-electron chi connectivity index (χ2n) is 3.99. The van der Waals surface area contributed by atoms with Crippen LogP contribution in [0.15, 0.2) is 12.3 Å². The third-order valence-electron chi connectivity index (χ3n) is 2.26. The number of pyridine rings is 1. The third-order valence-corrected chi connectivity index (χ3v) is 2.55. The molecule has 18 heavy (non-hydrogen) atoms. The Morgan fingerprint density at radius 2 is 2.22 bits per heavy atom. The normalized spacial score (nSPS) is 12.2. The van der Waals surface area contributed by atoms with Crippen molar-refractivity contribution in [3.63, 3.8) is 0 Å². The molecule has 0 aliphatic rings. The number of nitrogens with zero attached hydrogens (tertiary/aromatic N) is 2. The SMILES string of the molecule is CC(C)[C@H](Nc1ncc([N+](=O)[O-])cc1Cl)C(=O)O. The van der Waals surface area contributed by atoms with Crippen LogP contribution < -0.4 is 5.32 Å². The molecule has 8 heteroatoms. The maximum Gasteiger partial charge on any atom is 0.326 e. The Kier molecular flexibility index (Phi) is 4.43. The highest BCUT2D eigenvalue weighted by Gasteiger charge is 2.23. The molecule has 1 aromatic heterocycles. The summed E-state index contributed by atoms with van der Waals surface area (Å²) < 4.78 is 0. The zero-order valence-electron chi connectivity index (χ0n) is 9.75. The Morgan fingerprint density at radius 3 is 2.61 bits per heavy atom. The van der Waals surface area contributed by atoms with Crippen LogP contribution in [-0.2, 0) is 4.79 Å². The van der Waals surface area contributed by atoms with Crippen molar-refractivity contribution in [3.8, 4) is 0 Å². The van der Waals surface area contributed by atoms with Crippen LogP contribution in [0.1, 0.15) is 13.8 Å². The molecule has 7 nitrogen and oxygen atoms in total. The van der Waals surface area contributed by atoms with E-state index in [1.165, 1.54) is 0 Å². The summed E-state index contributed by atoms with van der Waals surface area (Å²) in [6.45, 7) is 3.45. The molecule has 0 radical (unpaired) electrons. The highest BCUT2D eigenvalue weighted by atomic mass is 35.5. The van der Waals surface area contributed by atoms with E-state index >= 15 is 0 Å². The van der Waals surface area contributed by atoms with Gasteiger partial charge < -0.3 is 10.4 Å². The molecule has 1 aromatic rings. The minimum Gasteiger partial charge on any atom is -0.480 e. The van der Waals surface area contributed by atoms with Crippen molar-refractivity contribution in [1.82, 2.24) is 4.98 Å². The largest absolute Gasteiger partial charge is 0.480 e. The van der Waals surface area contributed by atoms with Gasteiger partial charge in [0.15, 0.2) is 0 Å². The summed E-state index contributed by atoms with van der Waals surface area (Å²) in [5, 5.41) is 22.1. The van der Waals surface area contributed by atoms with E-state index in [1.54, 1.807) is 13.8 Å². The molecule has 0 aliphatic carbocycles. The number of nitrogens with one attached hydrogen (secondary N) is 1. The summed E-state index contributed by atoms with van der Waals surface area (Å²) in [5.41, 5.74) is -0.248. The van der Waals surface area contributed by atoms with Gasteiger partial charge in [0, 0.05) is 6.07 Å². The fourth-order valence-corrected chi connectivity index (χ4v) is 1.51. The summed E-state index contributed by atoms with van der Waals surface area (Å²) in [6.07, 6.45) is 1.02. The number of aromatic nitrogens is 1. The standard InChI is InChI=1S/C10H12ClN3O4/c1-5(2)8(10(15)16)13-9-7(11)3-6(4-12-9)14(17)18/h3-5,8H,1-2H3,(H,12,13)(H,15,16)/t8-/m0/s1. The van der Waals surface area contributed by atoms with Crippen molar-refractivity contribution >= 4 is 29.1 Å². The fraction of sp³-hybridized carbons (Fsp3) is 0.400. The molecule has 0 aliphatic heterocycles. The number of nitro groups is 1. The number of carboxylic acid groups (broad SMARTS) is 1. The zero-order valence-corrected chi connectivity index (χ0v) is 10.5. The smallest absolute Gasteiger partial charge is 0.326 e. The Bertz CT molecular complexity index is 478. The van der Waals surface area contributed by atoms with Crippen LogP contribution in [0, 0.1) is 16.0 Å². The van der Waals surface area contributed by atoms with Crippen molar-refractivity contribution in [2.75, 3.05) is 5.32 Å². The average Bonchev–Trinajstić information content (AvgIpc) is 2.25. The molecule has 98 valence electrons. The average molecular weight is 274 g/mol. The van der Waals surface area contributed by atoms with E-state index in [9.17, 15) is 14.9 Å². The molecule has 0 fully saturated rings. The van der Waals surface area contributed by atoms with Gasteiger partial charge in [0.2, 0.25) is 0 Å². The summed E-state index contributed by atoms with van der Waals surface area (Å²) in [7, 11) is 0. The first-order valence-corrected chi connectivity index (χ1v) is 5.50. The van der Waals surface area contributed by atoms with Gasteiger partial charge in [0.05, 0.1) is 9.95 Å². The van der Waals surface area contributed by atoms with Crippen LogP contribution in [-0.4, -0.2) is 27.0 Å². The van der Waals surface area contributed by atoms with Gasteiger partial charge in [-0.2, -0.15) is 0 Å². The van der Waals surface area contributed by atoms with Crippen LogP contribution in [0.4, 0.5) is 11.5 Å². The van der Waals surface area contributed by atoms with Crippen LogP contribution in [0.3, 0.4) is 0 Å². The lowest BCUT2D eigenvalue weighted by molar-refractivity contribution is -0.385. The molecule has 1 rings (SSSR count). The molecule has 0 spiro atoms. The molecule has 0 saturated heterocycles. The van der Waals surface area contributed by atoms with Crippen LogP contribution in [0.5, 0.6) is 0 Å². The van der Waals surface area contributed by atoms with Crippen molar-refractivity contribution in [2.24, 2.45) is 5.92 Å². The van der Waals surface area contributed by atoms with Gasteiger partial charge in [-0.25, -0.2) is 9.78 Å². The first-order valence-electron chi connectivity index (χ1n) is 5.12. The van der Waals surface area contributed by atoms with Crippen molar-refractivity contribution in [3.05, 3.63) is 27.4 Å². The molecule has 1 heterocycles. The number of halogens is 1. The van der Waals surface area contributed by atoms with Crippen molar-refractivity contribution in [2.45, 2.75) is 19.9 Å². The molecule has 0 amide bonds. The number of carboxylic acids is 1. The number of aliphatic carboxylic acids is 1. The maximum absolute atomic E-state index is 11.0. The number of rotatable bonds is 5. The zero-order chi connectivity index (χ0) is 13.9. The second kappa shape index (κ2) is 5.63. The maximum atomic E-state index is 11.0. The molecule has 2 N–H and O–H groups in total. The van der Waals surface area contributed by atoms with Crippen molar-refractivity contribution < 1.29 is 14.8 Å². The summed E-state index contributed by atoms with van der Waals surface area (Å²) in [6, 6.07) is 0.257. The molecule has 0 unspecified atom stereocenters. The first kappa shape index (κ1) is 14.2. The van der Waals surface area contributed by atoms with Gasteiger partial charge in [-0.15, -0.1) is 0 Å². The van der Waals surface area contributed by atoms with Crippen molar-refractivity contribution in [1.29, 1.82) is 0 Å². The minimum absolute atomic E-state index is 0.0103. The van der Waals surface area contributed by atoms with E-state index in [0.717, 1.165) is 12.3 Å². The van der Waals surface area contributed by atoms with Gasteiger partial charge in [0.1, 0.15) is 18.1 Å². The van der Waals surface area contributed by atoms with Gasteiger partial charge in [-0.1, -0.05) is 25.4 Å². The van der Waals surface area contributed by atoms with Crippen LogP contribution >= 0.6 is 11.6 Å². The predicted molar refractivity (Wildman–Crippen MR) is 65.8 cm³/mol. The van der Waals surface area contributed by atoms with E-state index in [0.29, 0.717) is 0 Å². The molecule has 0 saturated carbocycles. The fourth-order valence-electron chi connectivity index (χ4n) is 1.29. The Labute approximate surface area is 108 Å². The quantitative estimate of drug-likeness (QED) is 0.629. The van der Waals surface area contributed by atoms with Crippen LogP contribution in [0.2, 0.25) is 5.02 Å². The van der Waals surface area contributed by atoms with E-state index in [2.05, 4.69) is 10.3 Å². The third kappa shape index (κ3) is 3.30. The lowest BCUT2D eigenvalue weighted by Gasteiger charge is -2.18. The molecular weight excluding hydrogens is 262 g/mol. The summed E-state index contributed by atoms with van der Waals surface area (Å²) in [4.78, 5) is 24.6. The number of anilines is 1. The highest BCUT2D eigenvalue weighted by Crippen LogP contribution is 2.25. The van der Waals surface area contributed by atoms with E-state index in [-0.39, 0.29) is 22.4 Å². The molecule has 0 bridgehead atoms. The van der Waals surface area contributed by atoms with Crippen LogP contribution in [0.25, 0.3) is 0 Å². The van der Waals surface area contributed by atoms with Gasteiger partial charge in [-0.05, 0) is 5.92 Å². The van der Waals surface area contributed by atoms with E-state index in [1.807, 2.05) is 0 Å². The van der Waals surface area contributed by atoms with E-state index < -0.39 is 16.9 Å². The lowest BCUT2D eigenvalue weighted by Crippen LogP contribution is -2.34. The minimum atomic E-state index is -1.04. The lowest BCUT2D eigenvalue weighted by atomic mass is 10.1. The predicted octanol–water partition coefficient (Wildman–Crippen LogP) is 2.16. The van der Waals surface area contributed by atoms with Gasteiger partial charge >= 0.3 is 5.97 Å². The highest BCUT2D eigenvalue weighted by molar-refractivity contribution is 6.33. The topological polar surface area (TPSA) is 105 Å². The Morgan fingerprint density at radius 1 is 1.61 bits per heavy atom. The first-order chi connectivity index (χ1) is 8.32. The van der Waals surface area contributed by atoms with Gasteiger partial charge in [-0.3, -0.25) is 10.1 Å². The summed E-state index contributed by atoms with van der Waals surface area (Å²) in [5.74, 6) is -1.11. The Balaban J connectivity index is 2.97. The van der Waals surface area contributed by atoms with Gasteiger partial charge in [0.25, 0.3) is 5.69 Å². The molecule has 1 atom stereocenters. The summed E-state index contributed by atoms with van der Waals surface area (Å²) >= 11 is 5.80. The number of hydrogen-bond donors (Lipinski definition) is 2. The monoisotopic (exact) mass is 273 g/mol. The number of hydrogen-bond acceptors (Lipinski definition) is 5. The second-order valence-corrected chi connectivity index (χ2v) is 4.39. The number of carbonyl (C=O) groups is 1. The Hall–Kier alpha value is -1.89.